The van der Waals surface area contributed by atoms with E-state index in [2.05, 4.69) is 30.3 Å². The quantitative estimate of drug-likeness (QED) is 0.854. The van der Waals surface area contributed by atoms with Crippen molar-refractivity contribution in [1.29, 1.82) is 0 Å². The Hall–Kier alpha value is -2.04. The number of benzene rings is 2. The first kappa shape index (κ1) is 13.4. The minimum absolute atomic E-state index is 0.0171. The molecule has 118 valence electrons. The Morgan fingerprint density at radius 3 is 2.87 bits per heavy atom. The highest BCUT2D eigenvalue weighted by atomic mass is 16.6. The second-order valence-electron chi connectivity index (χ2n) is 6.36. The Morgan fingerprint density at radius 2 is 1.96 bits per heavy atom. The minimum atomic E-state index is -0.371. The van der Waals surface area contributed by atoms with E-state index < -0.39 is 0 Å². The van der Waals surface area contributed by atoms with E-state index in [-0.39, 0.29) is 17.8 Å². The third-order valence-corrected chi connectivity index (χ3v) is 5.15. The lowest BCUT2D eigenvalue weighted by atomic mass is 9.94. The largest absolute Gasteiger partial charge is 0.497 e. The highest BCUT2D eigenvalue weighted by Gasteiger charge is 2.59. The summed E-state index contributed by atoms with van der Waals surface area (Å²) in [5.41, 5.74) is 0.713. The number of rotatable bonds is 2. The Labute approximate surface area is 134 Å². The van der Waals surface area contributed by atoms with Crippen molar-refractivity contribution in [2.75, 3.05) is 20.3 Å². The van der Waals surface area contributed by atoms with Gasteiger partial charge in [-0.05, 0) is 35.0 Å². The molecule has 3 heterocycles. The van der Waals surface area contributed by atoms with Crippen LogP contribution in [0.1, 0.15) is 12.0 Å². The second kappa shape index (κ2) is 4.73. The molecule has 0 saturated carbocycles. The zero-order valence-corrected chi connectivity index (χ0v) is 13.0. The molecule has 3 aliphatic rings. The van der Waals surface area contributed by atoms with E-state index in [1.165, 1.54) is 5.39 Å². The molecule has 2 aromatic carbocycles. The topological polar surface area (TPSA) is 36.9 Å². The van der Waals surface area contributed by atoms with Gasteiger partial charge in [0.05, 0.1) is 26.4 Å². The lowest BCUT2D eigenvalue weighted by Crippen LogP contribution is -2.40. The zero-order valence-electron chi connectivity index (χ0n) is 13.0. The van der Waals surface area contributed by atoms with Crippen molar-refractivity contribution in [2.24, 2.45) is 0 Å². The van der Waals surface area contributed by atoms with E-state index in [4.69, 9.17) is 18.9 Å². The van der Waals surface area contributed by atoms with Gasteiger partial charge < -0.3 is 18.9 Å². The van der Waals surface area contributed by atoms with Crippen molar-refractivity contribution >= 4 is 16.5 Å². The Balaban J connectivity index is 1.55. The Morgan fingerprint density at radius 1 is 1.09 bits per heavy atom. The van der Waals surface area contributed by atoms with Gasteiger partial charge in [0, 0.05) is 12.0 Å². The summed E-state index contributed by atoms with van der Waals surface area (Å²) in [5.74, 6) is 1.78. The Bertz CT molecular complexity index is 812. The molecule has 0 aromatic heterocycles. The average molecular weight is 310 g/mol. The van der Waals surface area contributed by atoms with Gasteiger partial charge in [0.15, 0.2) is 11.7 Å². The van der Waals surface area contributed by atoms with Gasteiger partial charge in [-0.25, -0.2) is 0 Å². The molecule has 3 atom stereocenters. The van der Waals surface area contributed by atoms with Gasteiger partial charge in [0.25, 0.3) is 0 Å². The van der Waals surface area contributed by atoms with Gasteiger partial charge in [-0.15, -0.1) is 0 Å². The summed E-state index contributed by atoms with van der Waals surface area (Å²) in [6, 6.07) is 12.4. The number of fused-ring (bicyclic) bond motifs is 1. The molecule has 0 radical (unpaired) electrons. The SMILES string of the molecule is COc1ccc2cc(C3=C[C@]45OCCC4OC[C@H]5O3)ccc2c1. The van der Waals surface area contributed by atoms with Crippen LogP contribution in [0.15, 0.2) is 42.5 Å². The van der Waals surface area contributed by atoms with Crippen LogP contribution in [0.5, 0.6) is 5.75 Å². The summed E-state index contributed by atoms with van der Waals surface area (Å²) in [6.45, 7) is 1.35. The molecule has 2 aromatic rings. The lowest BCUT2D eigenvalue weighted by molar-refractivity contribution is -0.0207. The third kappa shape index (κ3) is 1.85. The van der Waals surface area contributed by atoms with Crippen LogP contribution in [0.3, 0.4) is 0 Å². The van der Waals surface area contributed by atoms with Crippen LogP contribution in [0.4, 0.5) is 0 Å². The van der Waals surface area contributed by atoms with Crippen LogP contribution >= 0.6 is 0 Å². The van der Waals surface area contributed by atoms with Crippen LogP contribution in [0.2, 0.25) is 0 Å². The summed E-state index contributed by atoms with van der Waals surface area (Å²) < 4.78 is 23.3. The molecule has 0 aliphatic carbocycles. The fourth-order valence-electron chi connectivity index (χ4n) is 3.91. The molecule has 4 nitrogen and oxygen atoms in total. The first-order chi connectivity index (χ1) is 11.3. The summed E-state index contributed by atoms with van der Waals surface area (Å²) in [5, 5.41) is 2.32. The normalized spacial score (nSPS) is 31.6. The fourth-order valence-corrected chi connectivity index (χ4v) is 3.91. The van der Waals surface area contributed by atoms with Crippen molar-refractivity contribution in [3.63, 3.8) is 0 Å². The fraction of sp³-hybridized carbons (Fsp3) is 0.368. The zero-order chi connectivity index (χ0) is 15.4. The maximum atomic E-state index is 6.16. The summed E-state index contributed by atoms with van der Waals surface area (Å²) in [4.78, 5) is 0. The maximum Gasteiger partial charge on any atom is 0.157 e. The molecule has 3 aliphatic heterocycles. The predicted octanol–water partition coefficient (Wildman–Crippen LogP) is 3.15. The molecule has 0 amide bonds. The number of ether oxygens (including phenoxy) is 4. The molecule has 23 heavy (non-hydrogen) atoms. The molecule has 5 rings (SSSR count). The van der Waals surface area contributed by atoms with Crippen LogP contribution < -0.4 is 4.74 Å². The van der Waals surface area contributed by atoms with Crippen molar-refractivity contribution in [3.8, 4) is 5.75 Å². The van der Waals surface area contributed by atoms with Crippen LogP contribution in [0.25, 0.3) is 16.5 Å². The molecule has 4 heteroatoms. The number of hydrogen-bond acceptors (Lipinski definition) is 4. The standard InChI is InChI=1S/C19H18O4/c1-20-15-5-4-12-8-14(3-2-13(12)9-15)16-10-19-17(6-7-22-19)21-11-18(19)23-16/h2-5,8-10,17-18H,6-7,11H2,1H3/t17?,18-,19+/m1/s1. The van der Waals surface area contributed by atoms with Crippen molar-refractivity contribution in [3.05, 3.63) is 48.0 Å². The molecule has 0 bridgehead atoms. The molecule has 1 spiro atoms. The van der Waals surface area contributed by atoms with Crippen LogP contribution in [-0.2, 0) is 14.2 Å². The van der Waals surface area contributed by atoms with Gasteiger partial charge in [-0.1, -0.05) is 18.2 Å². The molecule has 2 fully saturated rings. The predicted molar refractivity (Wildman–Crippen MR) is 86.4 cm³/mol. The average Bonchev–Trinajstić information content (AvgIpc) is 3.23. The van der Waals surface area contributed by atoms with E-state index in [0.717, 1.165) is 35.5 Å². The smallest absolute Gasteiger partial charge is 0.157 e. The molecular formula is C19H18O4. The van der Waals surface area contributed by atoms with Gasteiger partial charge in [-0.2, -0.15) is 0 Å². The highest BCUT2D eigenvalue weighted by Crippen LogP contribution is 2.47. The summed E-state index contributed by atoms with van der Waals surface area (Å²) >= 11 is 0. The monoisotopic (exact) mass is 310 g/mol. The van der Waals surface area contributed by atoms with E-state index in [1.807, 2.05) is 12.1 Å². The van der Waals surface area contributed by atoms with E-state index >= 15 is 0 Å². The summed E-state index contributed by atoms with van der Waals surface area (Å²) in [6.07, 6.45) is 3.19. The van der Waals surface area contributed by atoms with Gasteiger partial charge >= 0.3 is 0 Å². The number of hydrogen-bond donors (Lipinski definition) is 0. The molecular weight excluding hydrogens is 292 g/mol. The highest BCUT2D eigenvalue weighted by molar-refractivity contribution is 5.87. The second-order valence-corrected chi connectivity index (χ2v) is 6.36. The Kier molecular flexibility index (Phi) is 2.75. The number of methoxy groups -OCH3 is 1. The first-order valence-electron chi connectivity index (χ1n) is 8.02. The first-order valence-corrected chi connectivity index (χ1v) is 8.02. The molecule has 2 saturated heterocycles. The van der Waals surface area contributed by atoms with Crippen molar-refractivity contribution in [1.82, 2.24) is 0 Å². The van der Waals surface area contributed by atoms with Gasteiger partial charge in [0.2, 0.25) is 0 Å². The minimum Gasteiger partial charge on any atom is -0.497 e. The van der Waals surface area contributed by atoms with Crippen LogP contribution in [0, 0.1) is 0 Å². The third-order valence-electron chi connectivity index (χ3n) is 5.15. The van der Waals surface area contributed by atoms with Gasteiger partial charge in [-0.3, -0.25) is 0 Å². The van der Waals surface area contributed by atoms with E-state index in [9.17, 15) is 0 Å². The maximum absolute atomic E-state index is 6.16. The molecule has 1 unspecified atom stereocenters. The van der Waals surface area contributed by atoms with Crippen molar-refractivity contribution in [2.45, 2.75) is 24.2 Å². The van der Waals surface area contributed by atoms with E-state index in [1.54, 1.807) is 7.11 Å². The van der Waals surface area contributed by atoms with Gasteiger partial charge in [0.1, 0.15) is 11.5 Å². The van der Waals surface area contributed by atoms with Crippen LogP contribution in [-0.4, -0.2) is 38.1 Å². The van der Waals surface area contributed by atoms with E-state index in [0.29, 0.717) is 6.61 Å². The molecule has 0 N–H and O–H groups in total. The van der Waals surface area contributed by atoms with Crippen molar-refractivity contribution < 1.29 is 18.9 Å². The lowest BCUT2D eigenvalue weighted by Gasteiger charge is -2.22. The summed E-state index contributed by atoms with van der Waals surface area (Å²) in [7, 11) is 1.69.